The molecule has 3 aromatic rings. The Morgan fingerprint density at radius 3 is 2.27 bits per heavy atom. The Bertz CT molecular complexity index is 1200. The lowest BCUT2D eigenvalue weighted by molar-refractivity contribution is -0.140. The fraction of sp³-hybridized carbons (Fsp3) is 0.154. The predicted molar refractivity (Wildman–Crippen MR) is 121 cm³/mol. The first kappa shape index (κ1) is 22.0. The van der Waals surface area contributed by atoms with Crippen LogP contribution in [0.5, 0.6) is 0 Å². The molecule has 7 nitrogen and oxygen atoms in total. The summed E-state index contributed by atoms with van der Waals surface area (Å²) in [4.78, 5) is 43.4. The van der Waals surface area contributed by atoms with E-state index in [-0.39, 0.29) is 24.5 Å². The van der Waals surface area contributed by atoms with Crippen molar-refractivity contribution in [2.45, 2.75) is 19.5 Å². The maximum Gasteiger partial charge on any atom is 0.338 e. The van der Waals surface area contributed by atoms with Crippen LogP contribution in [0.1, 0.15) is 40.0 Å². The van der Waals surface area contributed by atoms with Crippen molar-refractivity contribution in [2.24, 2.45) is 0 Å². The summed E-state index contributed by atoms with van der Waals surface area (Å²) in [7, 11) is 0. The second-order valence-corrected chi connectivity index (χ2v) is 7.49. The highest BCUT2D eigenvalue weighted by Gasteiger charge is 2.46. The Hall–Kier alpha value is -4.26. The minimum atomic E-state index is -0.760. The van der Waals surface area contributed by atoms with Gasteiger partial charge in [0.15, 0.2) is 0 Å². The predicted octanol–water partition coefficient (Wildman–Crippen LogP) is 3.88. The van der Waals surface area contributed by atoms with Gasteiger partial charge in [0.25, 0.3) is 11.7 Å². The fourth-order valence-corrected chi connectivity index (χ4v) is 3.85. The number of pyridine rings is 1. The van der Waals surface area contributed by atoms with E-state index in [0.717, 1.165) is 5.56 Å². The van der Waals surface area contributed by atoms with Crippen molar-refractivity contribution < 1.29 is 24.2 Å². The van der Waals surface area contributed by atoms with E-state index in [1.807, 2.05) is 30.3 Å². The molecular weight excluding hydrogens is 420 g/mol. The first-order valence-corrected chi connectivity index (χ1v) is 10.5. The van der Waals surface area contributed by atoms with E-state index in [2.05, 4.69) is 4.98 Å². The van der Waals surface area contributed by atoms with Crippen LogP contribution >= 0.6 is 0 Å². The number of hydrogen-bond donors (Lipinski definition) is 1. The number of benzene rings is 2. The van der Waals surface area contributed by atoms with Crippen molar-refractivity contribution >= 4 is 23.4 Å². The highest BCUT2D eigenvalue weighted by molar-refractivity contribution is 6.46. The van der Waals surface area contributed by atoms with Crippen LogP contribution in [0.15, 0.2) is 84.7 Å². The number of Topliss-reactive ketones (excluding diaryl/α,β-unsaturated/α-hetero) is 1. The number of ketones is 1. The third-order valence-electron chi connectivity index (χ3n) is 5.43. The minimum absolute atomic E-state index is 0.0283. The van der Waals surface area contributed by atoms with E-state index in [9.17, 15) is 19.5 Å². The molecule has 1 aromatic heterocycles. The Balaban J connectivity index is 1.73. The molecule has 7 heteroatoms. The van der Waals surface area contributed by atoms with Gasteiger partial charge in [0.05, 0.1) is 23.8 Å². The Kier molecular flexibility index (Phi) is 6.31. The third-order valence-corrected chi connectivity index (χ3v) is 5.43. The molecule has 166 valence electrons. The lowest BCUT2D eigenvalue weighted by Crippen LogP contribution is -2.29. The van der Waals surface area contributed by atoms with E-state index >= 15 is 0 Å². The lowest BCUT2D eigenvalue weighted by atomic mass is 9.95. The second-order valence-electron chi connectivity index (χ2n) is 7.49. The van der Waals surface area contributed by atoms with Crippen molar-refractivity contribution in [3.05, 3.63) is 107 Å². The highest BCUT2D eigenvalue weighted by atomic mass is 16.5. The van der Waals surface area contributed by atoms with Crippen LogP contribution in [0.2, 0.25) is 0 Å². The molecule has 0 aliphatic carbocycles. The minimum Gasteiger partial charge on any atom is -0.507 e. The monoisotopic (exact) mass is 442 g/mol. The average molecular weight is 442 g/mol. The van der Waals surface area contributed by atoms with Crippen LogP contribution in [0.3, 0.4) is 0 Å². The molecule has 0 spiro atoms. The number of aliphatic hydroxyl groups is 1. The standard InChI is InChI=1S/C26H22N2O5/c1-2-33-26(32)20-10-8-17(9-11-20)16-28-22(18-6-4-3-5-7-18)21(24(30)25(28)31)23(29)19-12-14-27-15-13-19/h3-15,22,29H,2,16H2,1H3/b23-21+. The van der Waals surface area contributed by atoms with Gasteiger partial charge in [-0.25, -0.2) is 4.79 Å². The summed E-state index contributed by atoms with van der Waals surface area (Å²) in [6, 6.07) is 18.2. The van der Waals surface area contributed by atoms with Gasteiger partial charge in [-0.1, -0.05) is 42.5 Å². The SMILES string of the molecule is CCOC(=O)c1ccc(CN2C(=O)C(=O)/C(=C(/O)c3ccncc3)C2c2ccccc2)cc1. The number of rotatable bonds is 6. The Labute approximate surface area is 191 Å². The summed E-state index contributed by atoms with van der Waals surface area (Å²) in [6.45, 7) is 2.14. The fourth-order valence-electron chi connectivity index (χ4n) is 3.85. The molecule has 1 aliphatic rings. The molecule has 1 amide bonds. The molecule has 1 N–H and O–H groups in total. The summed E-state index contributed by atoms with van der Waals surface area (Å²) in [6.07, 6.45) is 3.02. The summed E-state index contributed by atoms with van der Waals surface area (Å²) < 4.78 is 5.00. The zero-order valence-electron chi connectivity index (χ0n) is 18.0. The van der Waals surface area contributed by atoms with Gasteiger partial charge in [0, 0.05) is 24.5 Å². The van der Waals surface area contributed by atoms with E-state index in [0.29, 0.717) is 16.7 Å². The number of likely N-dealkylation sites (tertiary alicyclic amines) is 1. The number of nitrogens with zero attached hydrogens (tertiary/aromatic N) is 2. The van der Waals surface area contributed by atoms with E-state index in [4.69, 9.17) is 4.74 Å². The van der Waals surface area contributed by atoms with Gasteiger partial charge < -0.3 is 14.7 Å². The van der Waals surface area contributed by atoms with Gasteiger partial charge in [0.1, 0.15) is 5.76 Å². The molecule has 2 aromatic carbocycles. The van der Waals surface area contributed by atoms with E-state index < -0.39 is 23.7 Å². The van der Waals surface area contributed by atoms with E-state index in [1.54, 1.807) is 43.3 Å². The molecular formula is C26H22N2O5. The Morgan fingerprint density at radius 2 is 1.64 bits per heavy atom. The van der Waals surface area contributed by atoms with Gasteiger partial charge in [-0.05, 0) is 42.3 Å². The normalized spacial score (nSPS) is 17.2. The van der Waals surface area contributed by atoms with Gasteiger partial charge in [-0.3, -0.25) is 14.6 Å². The lowest BCUT2D eigenvalue weighted by Gasteiger charge is -2.25. The van der Waals surface area contributed by atoms with Gasteiger partial charge >= 0.3 is 5.97 Å². The molecule has 2 heterocycles. The quantitative estimate of drug-likeness (QED) is 0.269. The first-order chi connectivity index (χ1) is 16.0. The molecule has 1 aliphatic heterocycles. The molecule has 1 fully saturated rings. The Morgan fingerprint density at radius 1 is 0.970 bits per heavy atom. The number of aromatic nitrogens is 1. The van der Waals surface area contributed by atoms with Crippen LogP contribution in [-0.2, 0) is 20.9 Å². The van der Waals surface area contributed by atoms with Crippen molar-refractivity contribution in [2.75, 3.05) is 6.61 Å². The molecule has 1 unspecified atom stereocenters. The molecule has 33 heavy (non-hydrogen) atoms. The van der Waals surface area contributed by atoms with Crippen molar-refractivity contribution in [1.82, 2.24) is 9.88 Å². The third kappa shape index (κ3) is 4.39. The second kappa shape index (κ2) is 9.48. The topological polar surface area (TPSA) is 96.8 Å². The molecule has 0 radical (unpaired) electrons. The number of amides is 1. The smallest absolute Gasteiger partial charge is 0.338 e. The van der Waals surface area contributed by atoms with Crippen LogP contribution < -0.4 is 0 Å². The van der Waals surface area contributed by atoms with Crippen molar-refractivity contribution in [3.63, 3.8) is 0 Å². The van der Waals surface area contributed by atoms with Crippen molar-refractivity contribution in [3.8, 4) is 0 Å². The summed E-state index contributed by atoms with van der Waals surface area (Å²) in [5.74, 6) is -2.12. The molecule has 1 atom stereocenters. The maximum absolute atomic E-state index is 13.0. The summed E-state index contributed by atoms with van der Waals surface area (Å²) >= 11 is 0. The zero-order chi connectivity index (χ0) is 23.4. The number of esters is 1. The summed E-state index contributed by atoms with van der Waals surface area (Å²) in [5.41, 5.74) is 2.27. The zero-order valence-corrected chi connectivity index (χ0v) is 18.0. The van der Waals surface area contributed by atoms with Crippen LogP contribution in [0.25, 0.3) is 5.76 Å². The molecule has 0 bridgehead atoms. The van der Waals surface area contributed by atoms with Crippen LogP contribution in [-0.4, -0.2) is 39.3 Å². The van der Waals surface area contributed by atoms with E-state index in [1.165, 1.54) is 17.3 Å². The maximum atomic E-state index is 13.0. The summed E-state index contributed by atoms with van der Waals surface area (Å²) in [5, 5.41) is 11.0. The number of aliphatic hydroxyl groups excluding tert-OH is 1. The van der Waals surface area contributed by atoms with Crippen LogP contribution in [0.4, 0.5) is 0 Å². The van der Waals surface area contributed by atoms with Gasteiger partial charge in [-0.15, -0.1) is 0 Å². The highest BCUT2D eigenvalue weighted by Crippen LogP contribution is 2.40. The molecule has 0 saturated carbocycles. The largest absolute Gasteiger partial charge is 0.507 e. The number of carbonyl (C=O) groups is 3. The van der Waals surface area contributed by atoms with Gasteiger partial charge in [0.2, 0.25) is 0 Å². The van der Waals surface area contributed by atoms with Gasteiger partial charge in [-0.2, -0.15) is 0 Å². The molecule has 1 saturated heterocycles. The van der Waals surface area contributed by atoms with Crippen LogP contribution in [0, 0.1) is 0 Å². The average Bonchev–Trinajstić information content (AvgIpc) is 3.10. The molecule has 4 rings (SSSR count). The number of ether oxygens (including phenoxy) is 1. The van der Waals surface area contributed by atoms with Crippen molar-refractivity contribution in [1.29, 1.82) is 0 Å². The first-order valence-electron chi connectivity index (χ1n) is 10.5. The number of carbonyl (C=O) groups excluding carboxylic acids is 3. The number of hydrogen-bond acceptors (Lipinski definition) is 6.